The fourth-order valence-corrected chi connectivity index (χ4v) is 1.14. The molecule has 0 saturated heterocycles. The normalized spacial score (nSPS) is 19.0. The van der Waals surface area contributed by atoms with E-state index >= 15 is 0 Å². The van der Waals surface area contributed by atoms with Crippen molar-refractivity contribution in [3.8, 4) is 0 Å². The standard InChI is InChI=1S/C7H14FN5O.BrH/c1-7(2)12-5(9)11-6(10)13(7)14-4-3-8;/h3-4H2,1-2H3,(H4,9,10,11,12);1H. The first-order valence-corrected chi connectivity index (χ1v) is 4.16. The summed E-state index contributed by atoms with van der Waals surface area (Å²) in [6.45, 7) is 2.79. The van der Waals surface area contributed by atoms with Crippen LogP contribution in [0.25, 0.3) is 0 Å². The minimum absolute atomic E-state index is 0. The number of halogens is 2. The van der Waals surface area contributed by atoms with Gasteiger partial charge in [-0.3, -0.25) is 4.84 Å². The molecule has 4 N–H and O–H groups in total. The highest BCUT2D eigenvalue weighted by molar-refractivity contribution is 8.93. The predicted molar refractivity (Wildman–Crippen MR) is 61.4 cm³/mol. The summed E-state index contributed by atoms with van der Waals surface area (Å²) in [7, 11) is 0. The van der Waals surface area contributed by atoms with Crippen molar-refractivity contribution in [3.63, 3.8) is 0 Å². The second-order valence-electron chi connectivity index (χ2n) is 3.25. The lowest BCUT2D eigenvalue weighted by Gasteiger charge is -2.36. The van der Waals surface area contributed by atoms with E-state index in [-0.39, 0.29) is 35.5 Å². The first-order valence-electron chi connectivity index (χ1n) is 4.16. The molecule has 0 aromatic rings. The van der Waals surface area contributed by atoms with E-state index in [2.05, 4.69) is 9.98 Å². The van der Waals surface area contributed by atoms with Gasteiger partial charge in [-0.2, -0.15) is 10.1 Å². The van der Waals surface area contributed by atoms with Gasteiger partial charge in [0, 0.05) is 0 Å². The van der Waals surface area contributed by atoms with Gasteiger partial charge in [-0.1, -0.05) is 0 Å². The molecule has 1 heterocycles. The van der Waals surface area contributed by atoms with Gasteiger partial charge in [-0.25, -0.2) is 9.38 Å². The van der Waals surface area contributed by atoms with E-state index < -0.39 is 12.3 Å². The second-order valence-corrected chi connectivity index (χ2v) is 3.25. The number of aliphatic imine (C=N–C) groups is 2. The van der Waals surface area contributed by atoms with Crippen molar-refractivity contribution >= 4 is 28.9 Å². The Bertz CT molecular complexity index is 281. The molecule has 88 valence electrons. The molecule has 0 radical (unpaired) electrons. The van der Waals surface area contributed by atoms with E-state index in [9.17, 15) is 4.39 Å². The van der Waals surface area contributed by atoms with Crippen molar-refractivity contribution in [1.29, 1.82) is 0 Å². The quantitative estimate of drug-likeness (QED) is 0.771. The maximum Gasteiger partial charge on any atom is 0.226 e. The van der Waals surface area contributed by atoms with E-state index in [4.69, 9.17) is 16.3 Å². The summed E-state index contributed by atoms with van der Waals surface area (Å²) in [6.07, 6.45) is 0. The third-order valence-electron chi connectivity index (χ3n) is 1.62. The number of rotatable bonds is 3. The number of hydroxylamine groups is 2. The van der Waals surface area contributed by atoms with Gasteiger partial charge in [0.2, 0.25) is 11.9 Å². The highest BCUT2D eigenvalue weighted by Gasteiger charge is 2.32. The number of hydrogen-bond donors (Lipinski definition) is 2. The Kier molecular flexibility index (Phi) is 4.95. The van der Waals surface area contributed by atoms with Crippen LogP contribution in [-0.4, -0.2) is 35.9 Å². The zero-order valence-electron chi connectivity index (χ0n) is 8.61. The van der Waals surface area contributed by atoms with Crippen LogP contribution < -0.4 is 11.5 Å². The smallest absolute Gasteiger partial charge is 0.226 e. The molecule has 8 heteroatoms. The molecular formula is C7H15BrFN5O. The molecule has 6 nitrogen and oxygen atoms in total. The summed E-state index contributed by atoms with van der Waals surface area (Å²) in [5, 5.41) is 1.24. The van der Waals surface area contributed by atoms with Gasteiger partial charge in [0.05, 0.1) is 0 Å². The van der Waals surface area contributed by atoms with Gasteiger partial charge >= 0.3 is 0 Å². The summed E-state index contributed by atoms with van der Waals surface area (Å²) in [4.78, 5) is 12.8. The van der Waals surface area contributed by atoms with Crippen molar-refractivity contribution in [2.24, 2.45) is 21.5 Å². The minimum atomic E-state index is -0.759. The fraction of sp³-hybridized carbons (Fsp3) is 0.714. The van der Waals surface area contributed by atoms with Crippen LogP contribution in [0.15, 0.2) is 9.98 Å². The van der Waals surface area contributed by atoms with Crippen LogP contribution in [0.3, 0.4) is 0 Å². The highest BCUT2D eigenvalue weighted by atomic mass is 79.9. The Labute approximate surface area is 97.9 Å². The maximum atomic E-state index is 11.9. The number of hydrogen-bond acceptors (Lipinski definition) is 6. The number of guanidine groups is 2. The van der Waals surface area contributed by atoms with Crippen molar-refractivity contribution in [3.05, 3.63) is 0 Å². The maximum absolute atomic E-state index is 11.9. The molecule has 0 saturated carbocycles. The molecule has 0 spiro atoms. The van der Waals surface area contributed by atoms with Gasteiger partial charge in [0.15, 0.2) is 5.66 Å². The zero-order valence-corrected chi connectivity index (χ0v) is 10.3. The van der Waals surface area contributed by atoms with Crippen molar-refractivity contribution in [1.82, 2.24) is 5.06 Å². The Morgan fingerprint density at radius 1 is 1.47 bits per heavy atom. The first kappa shape index (κ1) is 14.1. The Balaban J connectivity index is 0.00000196. The van der Waals surface area contributed by atoms with Crippen LogP contribution in [0, 0.1) is 0 Å². The van der Waals surface area contributed by atoms with Crippen LogP contribution in [-0.2, 0) is 4.84 Å². The first-order chi connectivity index (χ1) is 6.47. The molecule has 1 aliphatic heterocycles. The molecule has 0 fully saturated rings. The molecule has 0 aliphatic carbocycles. The van der Waals surface area contributed by atoms with Crippen molar-refractivity contribution in [2.75, 3.05) is 13.3 Å². The average Bonchev–Trinajstić information content (AvgIpc) is 2.00. The number of nitrogens with zero attached hydrogens (tertiary/aromatic N) is 3. The molecule has 0 unspecified atom stereocenters. The van der Waals surface area contributed by atoms with Crippen molar-refractivity contribution < 1.29 is 9.23 Å². The monoisotopic (exact) mass is 283 g/mol. The van der Waals surface area contributed by atoms with Gasteiger partial charge in [0.25, 0.3) is 0 Å². The fourth-order valence-electron chi connectivity index (χ4n) is 1.14. The lowest BCUT2D eigenvalue weighted by Crippen LogP contribution is -2.53. The van der Waals surface area contributed by atoms with E-state index in [0.717, 1.165) is 0 Å². The summed E-state index contributed by atoms with van der Waals surface area (Å²) in [5.41, 5.74) is 10.2. The predicted octanol–water partition coefficient (Wildman–Crippen LogP) is 0.147. The number of alkyl halides is 1. The molecule has 1 aliphatic rings. The van der Waals surface area contributed by atoms with Crippen LogP contribution in [0.4, 0.5) is 4.39 Å². The molecule has 0 aromatic carbocycles. The Morgan fingerprint density at radius 3 is 2.53 bits per heavy atom. The second kappa shape index (κ2) is 5.26. The van der Waals surface area contributed by atoms with E-state index in [1.807, 2.05) is 0 Å². The summed E-state index contributed by atoms with van der Waals surface area (Å²) < 4.78 is 11.9. The molecular weight excluding hydrogens is 269 g/mol. The largest absolute Gasteiger partial charge is 0.368 e. The molecule has 0 amide bonds. The van der Waals surface area contributed by atoms with Crippen LogP contribution in [0.1, 0.15) is 13.8 Å². The number of nitrogens with two attached hydrogens (primary N) is 2. The van der Waals surface area contributed by atoms with E-state index in [1.165, 1.54) is 5.06 Å². The summed E-state index contributed by atoms with van der Waals surface area (Å²) >= 11 is 0. The summed E-state index contributed by atoms with van der Waals surface area (Å²) in [5.74, 6) is 0.170. The van der Waals surface area contributed by atoms with Gasteiger partial charge in [0.1, 0.15) is 13.3 Å². The van der Waals surface area contributed by atoms with Crippen LogP contribution in [0.5, 0.6) is 0 Å². The Hall–Kier alpha value is -0.890. The minimum Gasteiger partial charge on any atom is -0.368 e. The topological polar surface area (TPSA) is 89.2 Å². The van der Waals surface area contributed by atoms with Gasteiger partial charge < -0.3 is 11.5 Å². The summed E-state index contributed by atoms with van der Waals surface area (Å²) in [6, 6.07) is 0. The van der Waals surface area contributed by atoms with E-state index in [0.29, 0.717) is 0 Å². The third-order valence-corrected chi connectivity index (χ3v) is 1.62. The van der Waals surface area contributed by atoms with E-state index in [1.54, 1.807) is 13.8 Å². The van der Waals surface area contributed by atoms with Crippen LogP contribution >= 0.6 is 17.0 Å². The highest BCUT2D eigenvalue weighted by Crippen LogP contribution is 2.19. The lowest BCUT2D eigenvalue weighted by atomic mass is 10.2. The Morgan fingerprint density at radius 2 is 2.07 bits per heavy atom. The third kappa shape index (κ3) is 3.31. The molecule has 0 aromatic heterocycles. The average molecular weight is 284 g/mol. The zero-order chi connectivity index (χ0) is 10.8. The molecule has 0 bridgehead atoms. The SMILES string of the molecule is Br.CC1(C)N=C(N)N=C(N)N1OCCF. The molecule has 15 heavy (non-hydrogen) atoms. The lowest BCUT2D eigenvalue weighted by molar-refractivity contribution is -0.159. The van der Waals surface area contributed by atoms with Gasteiger partial charge in [-0.15, -0.1) is 17.0 Å². The molecule has 0 atom stereocenters. The van der Waals surface area contributed by atoms with Crippen LogP contribution in [0.2, 0.25) is 0 Å². The molecule has 1 rings (SSSR count). The van der Waals surface area contributed by atoms with Gasteiger partial charge in [-0.05, 0) is 13.8 Å². The van der Waals surface area contributed by atoms with Crippen molar-refractivity contribution in [2.45, 2.75) is 19.5 Å².